The number of nitrogens with one attached hydrogen (secondary N) is 1. The van der Waals surface area contributed by atoms with E-state index >= 15 is 0 Å². The number of hydrogen-bond acceptors (Lipinski definition) is 4. The monoisotopic (exact) mass is 471 g/mol. The molecular weight excluding hydrogens is 449 g/mol. The average Bonchev–Trinajstić information content (AvgIpc) is 3.05. The van der Waals surface area contributed by atoms with Crippen molar-refractivity contribution in [3.63, 3.8) is 0 Å². The van der Waals surface area contributed by atoms with E-state index in [1.165, 1.54) is 9.25 Å². The minimum absolute atomic E-state index is 0.0331. The average molecular weight is 472 g/mol. The molecule has 4 rings (SSSR count). The molecule has 32 heavy (non-hydrogen) atoms. The molecule has 4 aromatic rings. The smallest absolute Gasteiger partial charge is 0.264 e. The number of aromatic nitrogens is 3. The molecule has 2 heterocycles. The van der Waals surface area contributed by atoms with Crippen LogP contribution in [-0.2, 0) is 13.6 Å². The van der Waals surface area contributed by atoms with Crippen molar-refractivity contribution in [1.29, 1.82) is 0 Å². The van der Waals surface area contributed by atoms with Crippen molar-refractivity contribution < 1.29 is 4.79 Å². The standard InChI is InChI=1S/C21H17Cl2N5O2.C2H6/c1-27-18(23)17(19(24)26-27)20(29)25-11-14-10-12-6-5-9-15(22)16(12)21(30)28(14)13-7-3-2-4-8-13;1-2/h2-10H,11H2,1H3,(H2,24,26)(H,25,29);1-2H3. The number of nitrogens with two attached hydrogens (primary N) is 1. The molecule has 2 aromatic heterocycles. The summed E-state index contributed by atoms with van der Waals surface area (Å²) in [4.78, 5) is 26.0. The molecule has 1 amide bonds. The molecule has 0 unspecified atom stereocenters. The number of para-hydroxylation sites is 1. The van der Waals surface area contributed by atoms with E-state index in [9.17, 15) is 9.59 Å². The molecule has 0 atom stereocenters. The molecular formula is C23H23Cl2N5O2. The van der Waals surface area contributed by atoms with Gasteiger partial charge in [-0.1, -0.05) is 67.4 Å². The Balaban J connectivity index is 0.00000141. The Morgan fingerprint density at radius 2 is 1.78 bits per heavy atom. The third kappa shape index (κ3) is 4.35. The van der Waals surface area contributed by atoms with Gasteiger partial charge in [0.1, 0.15) is 10.7 Å². The summed E-state index contributed by atoms with van der Waals surface area (Å²) in [6, 6.07) is 16.2. The molecule has 0 aliphatic carbocycles. The van der Waals surface area contributed by atoms with Gasteiger partial charge in [0, 0.05) is 18.4 Å². The maximum absolute atomic E-state index is 13.3. The van der Waals surface area contributed by atoms with Crippen molar-refractivity contribution in [2.75, 3.05) is 5.73 Å². The van der Waals surface area contributed by atoms with Gasteiger partial charge in [-0.15, -0.1) is 0 Å². The number of halogens is 2. The Morgan fingerprint density at radius 3 is 2.41 bits per heavy atom. The highest BCUT2D eigenvalue weighted by Crippen LogP contribution is 2.24. The first-order chi connectivity index (χ1) is 15.4. The van der Waals surface area contributed by atoms with Crippen molar-refractivity contribution in [3.05, 3.63) is 86.4 Å². The number of nitrogen functional groups attached to an aromatic ring is 1. The zero-order valence-electron chi connectivity index (χ0n) is 17.9. The summed E-state index contributed by atoms with van der Waals surface area (Å²) in [6.45, 7) is 4.07. The summed E-state index contributed by atoms with van der Waals surface area (Å²) in [5.74, 6) is -0.449. The molecule has 0 aliphatic heterocycles. The zero-order chi connectivity index (χ0) is 23.4. The second kappa shape index (κ2) is 9.89. The molecule has 0 saturated carbocycles. The highest BCUT2D eigenvalue weighted by atomic mass is 35.5. The summed E-state index contributed by atoms with van der Waals surface area (Å²) in [5.41, 5.74) is 6.86. The van der Waals surface area contributed by atoms with Gasteiger partial charge in [0.25, 0.3) is 11.5 Å². The quantitative estimate of drug-likeness (QED) is 0.455. The van der Waals surface area contributed by atoms with Crippen LogP contribution in [0.1, 0.15) is 29.9 Å². The number of aryl methyl sites for hydroxylation is 1. The molecule has 0 radical (unpaired) electrons. The van der Waals surface area contributed by atoms with Crippen LogP contribution < -0.4 is 16.6 Å². The lowest BCUT2D eigenvalue weighted by Gasteiger charge is -2.16. The lowest BCUT2D eigenvalue weighted by atomic mass is 10.1. The first-order valence-electron chi connectivity index (χ1n) is 10.0. The number of hydrogen-bond donors (Lipinski definition) is 2. The number of pyridine rings is 1. The Morgan fingerprint density at radius 1 is 1.09 bits per heavy atom. The molecule has 3 N–H and O–H groups in total. The number of benzene rings is 2. The summed E-state index contributed by atoms with van der Waals surface area (Å²) < 4.78 is 2.85. The predicted molar refractivity (Wildman–Crippen MR) is 130 cm³/mol. The number of nitrogens with zero attached hydrogens (tertiary/aromatic N) is 3. The second-order valence-electron chi connectivity index (χ2n) is 6.67. The van der Waals surface area contributed by atoms with E-state index in [0.29, 0.717) is 27.2 Å². The maximum atomic E-state index is 13.3. The van der Waals surface area contributed by atoms with Crippen molar-refractivity contribution in [3.8, 4) is 5.69 Å². The third-order valence-corrected chi connectivity index (χ3v) is 5.50. The van der Waals surface area contributed by atoms with Crippen LogP contribution in [0.25, 0.3) is 16.5 Å². The van der Waals surface area contributed by atoms with E-state index in [4.69, 9.17) is 28.9 Å². The van der Waals surface area contributed by atoms with Crippen LogP contribution in [0.15, 0.2) is 59.4 Å². The zero-order valence-corrected chi connectivity index (χ0v) is 19.4. The Bertz CT molecular complexity index is 1330. The second-order valence-corrected chi connectivity index (χ2v) is 7.44. The highest BCUT2D eigenvalue weighted by molar-refractivity contribution is 6.35. The molecule has 0 fully saturated rings. The third-order valence-electron chi connectivity index (χ3n) is 4.75. The van der Waals surface area contributed by atoms with E-state index in [0.717, 1.165) is 0 Å². The minimum Gasteiger partial charge on any atom is -0.382 e. The van der Waals surface area contributed by atoms with Crippen molar-refractivity contribution in [2.24, 2.45) is 7.05 Å². The van der Waals surface area contributed by atoms with E-state index in [1.54, 1.807) is 25.2 Å². The fourth-order valence-electron chi connectivity index (χ4n) is 3.36. The number of anilines is 1. The number of rotatable bonds is 4. The Kier molecular flexibility index (Phi) is 7.22. The molecule has 166 valence electrons. The van der Waals surface area contributed by atoms with Crippen LogP contribution >= 0.6 is 23.2 Å². The molecule has 7 nitrogen and oxygen atoms in total. The first kappa shape index (κ1) is 23.4. The summed E-state index contributed by atoms with van der Waals surface area (Å²) in [7, 11) is 1.59. The van der Waals surface area contributed by atoms with Gasteiger partial charge < -0.3 is 11.1 Å². The highest BCUT2D eigenvalue weighted by Gasteiger charge is 2.20. The van der Waals surface area contributed by atoms with Gasteiger partial charge in [-0.2, -0.15) is 5.10 Å². The van der Waals surface area contributed by atoms with Gasteiger partial charge in [-0.05, 0) is 29.7 Å². The number of amides is 1. The van der Waals surface area contributed by atoms with E-state index in [2.05, 4.69) is 10.4 Å². The van der Waals surface area contributed by atoms with Crippen LogP contribution in [-0.4, -0.2) is 20.3 Å². The fraction of sp³-hybridized carbons (Fsp3) is 0.174. The number of fused-ring (bicyclic) bond motifs is 1. The maximum Gasteiger partial charge on any atom is 0.264 e. The Hall–Kier alpha value is -3.29. The van der Waals surface area contributed by atoms with Crippen molar-refractivity contribution in [2.45, 2.75) is 20.4 Å². The number of carbonyl (C=O) groups is 1. The lowest BCUT2D eigenvalue weighted by Crippen LogP contribution is -2.29. The minimum atomic E-state index is -0.483. The van der Waals surface area contributed by atoms with E-state index < -0.39 is 5.91 Å². The normalized spacial score (nSPS) is 10.5. The van der Waals surface area contributed by atoms with E-state index in [1.807, 2.05) is 50.2 Å². The SMILES string of the molecule is CC.Cn1nc(N)c(C(=O)NCc2cc3cccc(Cl)c3c(=O)n2-c2ccccc2)c1Cl. The summed E-state index contributed by atoms with van der Waals surface area (Å²) >= 11 is 12.4. The van der Waals surface area contributed by atoms with Gasteiger partial charge in [-0.3, -0.25) is 18.8 Å². The molecule has 2 aromatic carbocycles. The van der Waals surface area contributed by atoms with Gasteiger partial charge in [0.2, 0.25) is 0 Å². The summed E-state index contributed by atoms with van der Waals surface area (Å²) in [6.07, 6.45) is 0. The van der Waals surface area contributed by atoms with Crippen molar-refractivity contribution >= 4 is 45.7 Å². The number of carbonyl (C=O) groups excluding carboxylic acids is 1. The Labute approximate surface area is 195 Å². The molecule has 0 aliphatic rings. The molecule has 0 saturated heterocycles. The van der Waals surface area contributed by atoms with Gasteiger partial charge >= 0.3 is 0 Å². The van der Waals surface area contributed by atoms with E-state index in [-0.39, 0.29) is 28.6 Å². The predicted octanol–water partition coefficient (Wildman–Crippen LogP) is 4.57. The van der Waals surface area contributed by atoms with Crippen molar-refractivity contribution in [1.82, 2.24) is 19.7 Å². The van der Waals surface area contributed by atoms with Crippen LogP contribution in [0.3, 0.4) is 0 Å². The molecule has 9 heteroatoms. The van der Waals surface area contributed by atoms with Gasteiger partial charge in [0.05, 0.1) is 17.0 Å². The lowest BCUT2D eigenvalue weighted by molar-refractivity contribution is 0.0951. The largest absolute Gasteiger partial charge is 0.382 e. The topological polar surface area (TPSA) is 94.9 Å². The van der Waals surface area contributed by atoms with Crippen LogP contribution in [0.4, 0.5) is 5.82 Å². The first-order valence-corrected chi connectivity index (χ1v) is 10.8. The summed E-state index contributed by atoms with van der Waals surface area (Å²) in [5, 5.41) is 8.33. The van der Waals surface area contributed by atoms with Gasteiger partial charge in [-0.25, -0.2) is 0 Å². The van der Waals surface area contributed by atoms with Crippen LogP contribution in [0, 0.1) is 0 Å². The molecule has 0 bridgehead atoms. The fourth-order valence-corrected chi connectivity index (χ4v) is 3.84. The van der Waals surface area contributed by atoms with Crippen LogP contribution in [0.2, 0.25) is 10.2 Å². The van der Waals surface area contributed by atoms with Crippen LogP contribution in [0.5, 0.6) is 0 Å². The van der Waals surface area contributed by atoms with Gasteiger partial charge in [0.15, 0.2) is 5.82 Å². The molecule has 0 spiro atoms.